The van der Waals surface area contributed by atoms with Gasteiger partial charge in [-0.2, -0.15) is 0 Å². The molecule has 0 saturated carbocycles. The summed E-state index contributed by atoms with van der Waals surface area (Å²) in [7, 11) is 1.56. The van der Waals surface area contributed by atoms with Gasteiger partial charge in [-0.3, -0.25) is 14.4 Å². The number of carbonyl (C=O) groups is 3. The molecule has 0 radical (unpaired) electrons. The maximum Gasteiger partial charge on any atom is 0.253 e. The molecule has 3 amide bonds. The highest BCUT2D eigenvalue weighted by atomic mass is 35.5. The quantitative estimate of drug-likeness (QED) is 0.605. The van der Waals surface area contributed by atoms with Crippen LogP contribution in [-0.2, 0) is 16.1 Å². The van der Waals surface area contributed by atoms with Crippen molar-refractivity contribution >= 4 is 40.9 Å². The van der Waals surface area contributed by atoms with Crippen molar-refractivity contribution in [2.24, 2.45) is 0 Å². The number of carbonyl (C=O) groups excluding carboxylic acids is 3. The largest absolute Gasteiger partial charge is 0.497 e. The van der Waals surface area contributed by atoms with E-state index in [1.807, 2.05) is 12.1 Å². The van der Waals surface area contributed by atoms with Gasteiger partial charge in [0, 0.05) is 11.6 Å². The minimum absolute atomic E-state index is 0.183. The van der Waals surface area contributed by atoms with Crippen molar-refractivity contribution in [3.05, 3.63) is 63.6 Å². The Balaban J connectivity index is 1.71. The number of hydrogen-bond acceptors (Lipinski definition) is 4. The first-order valence-electron chi connectivity index (χ1n) is 8.28. The predicted octanol–water partition coefficient (Wildman–Crippen LogP) is 2.16. The van der Waals surface area contributed by atoms with Gasteiger partial charge in [0.05, 0.1) is 30.8 Å². The van der Waals surface area contributed by atoms with Crippen molar-refractivity contribution < 1.29 is 19.1 Å². The molecular weight excluding hydrogens is 405 g/mol. The molecule has 2 aromatic carbocycles. The standard InChI is InChI=1S/C19H19Cl2N3O4/c1-28-14-4-2-3-12(7-14)9-22-17(25)10-23-18(26)11-24-19(27)15-6-5-13(20)8-16(15)21/h2-8H,9-11H2,1H3,(H,22,25)(H,23,26)(H,24,27). The lowest BCUT2D eigenvalue weighted by molar-refractivity contribution is -0.125. The van der Waals surface area contributed by atoms with E-state index in [4.69, 9.17) is 27.9 Å². The Morgan fingerprint density at radius 3 is 2.36 bits per heavy atom. The van der Waals surface area contributed by atoms with Crippen LogP contribution in [0.4, 0.5) is 0 Å². The monoisotopic (exact) mass is 423 g/mol. The molecule has 0 heterocycles. The summed E-state index contributed by atoms with van der Waals surface area (Å²) in [6.45, 7) is -0.195. The molecule has 0 aliphatic rings. The summed E-state index contributed by atoms with van der Waals surface area (Å²) >= 11 is 11.7. The fourth-order valence-corrected chi connectivity index (χ4v) is 2.71. The summed E-state index contributed by atoms with van der Waals surface area (Å²) < 4.78 is 5.11. The van der Waals surface area contributed by atoms with E-state index in [0.717, 1.165) is 5.56 Å². The summed E-state index contributed by atoms with van der Waals surface area (Å²) in [5, 5.41) is 8.12. The Morgan fingerprint density at radius 2 is 1.64 bits per heavy atom. The normalized spacial score (nSPS) is 10.1. The zero-order valence-corrected chi connectivity index (χ0v) is 16.6. The third-order valence-electron chi connectivity index (χ3n) is 3.66. The van der Waals surface area contributed by atoms with Crippen LogP contribution in [0, 0.1) is 0 Å². The lowest BCUT2D eigenvalue weighted by atomic mass is 10.2. The second kappa shape index (κ2) is 10.5. The molecule has 0 aromatic heterocycles. The molecule has 0 aliphatic carbocycles. The molecule has 0 fully saturated rings. The van der Waals surface area contributed by atoms with Crippen molar-refractivity contribution in [1.29, 1.82) is 0 Å². The third kappa shape index (κ3) is 6.75. The van der Waals surface area contributed by atoms with E-state index in [-0.39, 0.29) is 29.6 Å². The molecule has 9 heteroatoms. The number of rotatable bonds is 8. The number of methoxy groups -OCH3 is 1. The van der Waals surface area contributed by atoms with Crippen molar-refractivity contribution in [2.45, 2.75) is 6.54 Å². The van der Waals surface area contributed by atoms with Crippen LogP contribution in [0.1, 0.15) is 15.9 Å². The lowest BCUT2D eigenvalue weighted by Crippen LogP contribution is -2.41. The number of halogens is 2. The maximum atomic E-state index is 12.0. The SMILES string of the molecule is COc1cccc(CNC(=O)CNC(=O)CNC(=O)c2ccc(Cl)cc2Cl)c1. The Hall–Kier alpha value is -2.77. The second-order valence-electron chi connectivity index (χ2n) is 5.71. The van der Waals surface area contributed by atoms with Gasteiger partial charge in [0.15, 0.2) is 0 Å². The van der Waals surface area contributed by atoms with Crippen molar-refractivity contribution in [3.8, 4) is 5.75 Å². The highest BCUT2D eigenvalue weighted by Gasteiger charge is 2.12. The number of hydrogen-bond donors (Lipinski definition) is 3. The molecule has 0 unspecified atom stereocenters. The van der Waals surface area contributed by atoms with E-state index in [1.165, 1.54) is 18.2 Å². The van der Waals surface area contributed by atoms with E-state index in [1.54, 1.807) is 19.2 Å². The fourth-order valence-electron chi connectivity index (χ4n) is 2.22. The third-order valence-corrected chi connectivity index (χ3v) is 4.20. The van der Waals surface area contributed by atoms with Gasteiger partial charge in [-0.05, 0) is 35.9 Å². The molecular formula is C19H19Cl2N3O4. The number of amides is 3. The van der Waals surface area contributed by atoms with Crippen molar-refractivity contribution in [3.63, 3.8) is 0 Å². The molecule has 3 N–H and O–H groups in total. The van der Waals surface area contributed by atoms with Gasteiger partial charge in [0.1, 0.15) is 5.75 Å². The average Bonchev–Trinajstić information content (AvgIpc) is 2.69. The molecule has 2 aromatic rings. The van der Waals surface area contributed by atoms with Crippen LogP contribution in [0.5, 0.6) is 5.75 Å². The smallest absolute Gasteiger partial charge is 0.253 e. The van der Waals surface area contributed by atoms with Crippen molar-refractivity contribution in [1.82, 2.24) is 16.0 Å². The van der Waals surface area contributed by atoms with Gasteiger partial charge in [-0.25, -0.2) is 0 Å². The van der Waals surface area contributed by atoms with Crippen molar-refractivity contribution in [2.75, 3.05) is 20.2 Å². The highest BCUT2D eigenvalue weighted by molar-refractivity contribution is 6.36. The van der Waals surface area contributed by atoms with E-state index in [9.17, 15) is 14.4 Å². The molecule has 0 bridgehead atoms. The van der Waals surface area contributed by atoms with E-state index >= 15 is 0 Å². The first kappa shape index (κ1) is 21.5. The van der Waals surface area contributed by atoms with Gasteiger partial charge in [0.25, 0.3) is 5.91 Å². The molecule has 148 valence electrons. The van der Waals surface area contributed by atoms with E-state index in [0.29, 0.717) is 17.3 Å². The number of nitrogens with one attached hydrogen (secondary N) is 3. The van der Waals surface area contributed by atoms with Crippen LogP contribution in [-0.4, -0.2) is 37.9 Å². The zero-order chi connectivity index (χ0) is 20.5. The molecule has 0 spiro atoms. The van der Waals surface area contributed by atoms with Crippen LogP contribution in [0.2, 0.25) is 10.0 Å². The van der Waals surface area contributed by atoms with Crippen LogP contribution in [0.3, 0.4) is 0 Å². The van der Waals surface area contributed by atoms with Crippen LogP contribution >= 0.6 is 23.2 Å². The minimum Gasteiger partial charge on any atom is -0.497 e. The van der Waals surface area contributed by atoms with Crippen LogP contribution in [0.25, 0.3) is 0 Å². The summed E-state index contributed by atoms with van der Waals surface area (Å²) in [4.78, 5) is 35.7. The maximum absolute atomic E-state index is 12.0. The number of benzene rings is 2. The van der Waals surface area contributed by atoms with Gasteiger partial charge >= 0.3 is 0 Å². The van der Waals surface area contributed by atoms with E-state index in [2.05, 4.69) is 16.0 Å². The van der Waals surface area contributed by atoms with Crippen LogP contribution < -0.4 is 20.7 Å². The van der Waals surface area contributed by atoms with Gasteiger partial charge in [-0.15, -0.1) is 0 Å². The lowest BCUT2D eigenvalue weighted by Gasteiger charge is -2.09. The Morgan fingerprint density at radius 1 is 0.929 bits per heavy atom. The molecule has 0 aliphatic heterocycles. The summed E-state index contributed by atoms with van der Waals surface area (Å²) in [6, 6.07) is 11.7. The predicted molar refractivity (Wildman–Crippen MR) is 107 cm³/mol. The van der Waals surface area contributed by atoms with Gasteiger partial charge in [-0.1, -0.05) is 35.3 Å². The first-order chi connectivity index (χ1) is 13.4. The topological polar surface area (TPSA) is 96.5 Å². The van der Waals surface area contributed by atoms with Gasteiger partial charge in [0.2, 0.25) is 11.8 Å². The molecule has 7 nitrogen and oxygen atoms in total. The Bertz CT molecular complexity index is 874. The average molecular weight is 424 g/mol. The zero-order valence-electron chi connectivity index (χ0n) is 15.1. The Kier molecular flexibility index (Phi) is 8.10. The highest BCUT2D eigenvalue weighted by Crippen LogP contribution is 2.20. The fraction of sp³-hybridized carbons (Fsp3) is 0.211. The summed E-state index contributed by atoms with van der Waals surface area (Å²) in [6.07, 6.45) is 0. The molecule has 0 atom stereocenters. The summed E-state index contributed by atoms with van der Waals surface area (Å²) in [5.41, 5.74) is 1.07. The summed E-state index contributed by atoms with van der Waals surface area (Å²) in [5.74, 6) is -0.686. The number of ether oxygens (including phenoxy) is 1. The van der Waals surface area contributed by atoms with Crippen LogP contribution in [0.15, 0.2) is 42.5 Å². The minimum atomic E-state index is -0.515. The van der Waals surface area contributed by atoms with Gasteiger partial charge < -0.3 is 20.7 Å². The van der Waals surface area contributed by atoms with E-state index < -0.39 is 11.8 Å². The molecule has 0 saturated heterocycles. The molecule has 28 heavy (non-hydrogen) atoms. The second-order valence-corrected chi connectivity index (χ2v) is 6.56. The first-order valence-corrected chi connectivity index (χ1v) is 9.04. The Labute approximate surface area is 172 Å². The molecule has 2 rings (SSSR count).